The van der Waals surface area contributed by atoms with E-state index in [1.54, 1.807) is 6.92 Å². The molecule has 0 bridgehead atoms. The second-order valence-electron chi connectivity index (χ2n) is 6.90. The number of halogens is 2. The van der Waals surface area contributed by atoms with Crippen LogP contribution in [0.1, 0.15) is 12.1 Å². The number of benzene rings is 2. The molecule has 0 radical (unpaired) electrons. The average molecular weight is 443 g/mol. The SMILES string of the molecule is Cc1cc(O)c(N(C(=O)NCCC(=O)O)c2cccc(-c3ccc(F)cc3F)c2)c(=O)[nH]1. The maximum absolute atomic E-state index is 14.3. The van der Waals surface area contributed by atoms with E-state index in [9.17, 15) is 28.3 Å². The van der Waals surface area contributed by atoms with Crippen LogP contribution in [-0.4, -0.2) is 33.7 Å². The van der Waals surface area contributed by atoms with Gasteiger partial charge in [-0.3, -0.25) is 14.5 Å². The summed E-state index contributed by atoms with van der Waals surface area (Å²) in [5, 5.41) is 21.6. The van der Waals surface area contributed by atoms with E-state index in [0.717, 1.165) is 17.0 Å². The lowest BCUT2D eigenvalue weighted by atomic mass is 10.0. The lowest BCUT2D eigenvalue weighted by Gasteiger charge is -2.24. The van der Waals surface area contributed by atoms with Gasteiger partial charge >= 0.3 is 12.0 Å². The molecule has 0 spiro atoms. The van der Waals surface area contributed by atoms with E-state index in [2.05, 4.69) is 10.3 Å². The standard InChI is InChI=1S/C22H19F2N3O5/c1-12-9-18(28)20(21(31)26-12)27(22(32)25-8-7-19(29)30)15-4-2-3-13(10-15)16-6-5-14(23)11-17(16)24/h2-6,9-11H,7-8H2,1H3,(H,25,32)(H,29,30)(H2,26,28,31). The molecule has 0 fully saturated rings. The summed E-state index contributed by atoms with van der Waals surface area (Å²) in [4.78, 5) is 39.6. The van der Waals surface area contributed by atoms with Crippen molar-refractivity contribution in [2.45, 2.75) is 13.3 Å². The molecule has 8 nitrogen and oxygen atoms in total. The van der Waals surface area contributed by atoms with Gasteiger partial charge in [-0.2, -0.15) is 0 Å². The van der Waals surface area contributed by atoms with Crippen molar-refractivity contribution in [2.75, 3.05) is 11.4 Å². The molecule has 3 rings (SSSR count). The molecule has 1 heterocycles. The fraction of sp³-hybridized carbons (Fsp3) is 0.136. The number of hydrogen-bond acceptors (Lipinski definition) is 4. The molecule has 32 heavy (non-hydrogen) atoms. The van der Waals surface area contributed by atoms with E-state index < -0.39 is 40.6 Å². The van der Waals surface area contributed by atoms with Crippen molar-refractivity contribution in [3.8, 4) is 16.9 Å². The topological polar surface area (TPSA) is 123 Å². The Kier molecular flexibility index (Phi) is 6.53. The van der Waals surface area contributed by atoms with Crippen LogP contribution in [0.4, 0.5) is 25.0 Å². The van der Waals surface area contributed by atoms with E-state index in [0.29, 0.717) is 5.69 Å². The molecule has 3 aromatic rings. The van der Waals surface area contributed by atoms with E-state index >= 15 is 0 Å². The lowest BCUT2D eigenvalue weighted by Crippen LogP contribution is -2.40. The Balaban J connectivity index is 2.11. The molecule has 0 unspecified atom stereocenters. The van der Waals surface area contributed by atoms with Crippen LogP contribution in [0.3, 0.4) is 0 Å². The first-order chi connectivity index (χ1) is 15.2. The third-order valence-corrected chi connectivity index (χ3v) is 4.51. The minimum atomic E-state index is -1.14. The van der Waals surface area contributed by atoms with Gasteiger partial charge in [0.2, 0.25) is 0 Å². The van der Waals surface area contributed by atoms with Crippen LogP contribution in [0, 0.1) is 18.6 Å². The predicted octanol–water partition coefficient (Wildman–Crippen LogP) is 3.66. The number of aromatic amines is 1. The maximum atomic E-state index is 14.3. The molecule has 0 aliphatic carbocycles. The number of rotatable bonds is 6. The van der Waals surface area contributed by atoms with E-state index in [1.165, 1.54) is 36.4 Å². The second-order valence-corrected chi connectivity index (χ2v) is 6.90. The Morgan fingerprint density at radius 2 is 1.88 bits per heavy atom. The molecular formula is C22H19F2N3O5. The Labute approximate surface area is 180 Å². The molecule has 0 aliphatic heterocycles. The van der Waals surface area contributed by atoms with Crippen LogP contribution in [-0.2, 0) is 4.79 Å². The fourth-order valence-corrected chi connectivity index (χ4v) is 3.12. The highest BCUT2D eigenvalue weighted by Crippen LogP contribution is 2.33. The smallest absolute Gasteiger partial charge is 0.326 e. The summed E-state index contributed by atoms with van der Waals surface area (Å²) in [6, 6.07) is 9.24. The zero-order valence-corrected chi connectivity index (χ0v) is 16.9. The zero-order valence-electron chi connectivity index (χ0n) is 16.9. The van der Waals surface area contributed by atoms with Crippen molar-refractivity contribution >= 4 is 23.4 Å². The lowest BCUT2D eigenvalue weighted by molar-refractivity contribution is -0.136. The van der Waals surface area contributed by atoms with Crippen molar-refractivity contribution in [1.29, 1.82) is 0 Å². The van der Waals surface area contributed by atoms with Gasteiger partial charge in [-0.1, -0.05) is 12.1 Å². The number of H-pyrrole nitrogens is 1. The quantitative estimate of drug-likeness (QED) is 0.463. The van der Waals surface area contributed by atoms with Crippen molar-refractivity contribution < 1.29 is 28.6 Å². The van der Waals surface area contributed by atoms with Crippen LogP contribution in [0.2, 0.25) is 0 Å². The van der Waals surface area contributed by atoms with Gasteiger partial charge in [-0.05, 0) is 36.8 Å². The van der Waals surface area contributed by atoms with Crippen LogP contribution in [0.5, 0.6) is 5.75 Å². The summed E-state index contributed by atoms with van der Waals surface area (Å²) in [6.45, 7) is 1.31. The first kappa shape index (κ1) is 22.5. The number of hydrogen-bond donors (Lipinski definition) is 4. The number of amides is 2. The summed E-state index contributed by atoms with van der Waals surface area (Å²) < 4.78 is 27.6. The van der Waals surface area contributed by atoms with E-state index in [4.69, 9.17) is 5.11 Å². The number of pyridine rings is 1. The second kappa shape index (κ2) is 9.29. The summed E-state index contributed by atoms with van der Waals surface area (Å²) in [5.41, 5.74) is -0.393. The Morgan fingerprint density at radius 3 is 2.53 bits per heavy atom. The maximum Gasteiger partial charge on any atom is 0.326 e. The van der Waals surface area contributed by atoms with Gasteiger partial charge in [0, 0.05) is 29.9 Å². The number of carbonyl (C=O) groups is 2. The first-order valence-electron chi connectivity index (χ1n) is 9.45. The number of aromatic nitrogens is 1. The molecule has 166 valence electrons. The minimum absolute atomic E-state index is 0.0570. The number of urea groups is 1. The number of nitrogens with zero attached hydrogens (tertiary/aromatic N) is 1. The molecule has 4 N–H and O–H groups in total. The minimum Gasteiger partial charge on any atom is -0.505 e. The number of carboxylic acid groups (broad SMARTS) is 1. The molecule has 2 aromatic carbocycles. The fourth-order valence-electron chi connectivity index (χ4n) is 3.12. The summed E-state index contributed by atoms with van der Waals surface area (Å²) in [6.07, 6.45) is -0.364. The van der Waals surface area contributed by atoms with Crippen molar-refractivity contribution in [1.82, 2.24) is 10.3 Å². The highest BCUT2D eigenvalue weighted by molar-refractivity contribution is 6.01. The molecular weight excluding hydrogens is 424 g/mol. The number of aromatic hydroxyl groups is 1. The Hall–Kier alpha value is -4.21. The summed E-state index contributed by atoms with van der Waals surface area (Å²) in [7, 11) is 0. The van der Waals surface area contributed by atoms with E-state index in [-0.39, 0.29) is 29.8 Å². The Bertz CT molecular complexity index is 1240. The van der Waals surface area contributed by atoms with Crippen molar-refractivity contribution in [2.24, 2.45) is 0 Å². The number of nitrogens with one attached hydrogen (secondary N) is 2. The van der Waals surface area contributed by atoms with E-state index in [1.807, 2.05) is 0 Å². The van der Waals surface area contributed by atoms with Crippen LogP contribution >= 0.6 is 0 Å². The van der Waals surface area contributed by atoms with Crippen molar-refractivity contribution in [3.05, 3.63) is 76.2 Å². The summed E-state index contributed by atoms with van der Waals surface area (Å²) >= 11 is 0. The first-order valence-corrected chi connectivity index (χ1v) is 9.45. The molecule has 1 aromatic heterocycles. The number of aryl methyl sites for hydroxylation is 1. The highest BCUT2D eigenvalue weighted by atomic mass is 19.1. The van der Waals surface area contributed by atoms with Crippen molar-refractivity contribution in [3.63, 3.8) is 0 Å². The number of anilines is 2. The van der Waals surface area contributed by atoms with Gasteiger partial charge in [-0.25, -0.2) is 13.6 Å². The monoisotopic (exact) mass is 443 g/mol. The van der Waals surface area contributed by atoms with Gasteiger partial charge in [0.1, 0.15) is 17.4 Å². The van der Waals surface area contributed by atoms with Gasteiger partial charge in [0.05, 0.1) is 12.1 Å². The van der Waals surface area contributed by atoms with Gasteiger partial charge in [0.15, 0.2) is 5.69 Å². The number of carboxylic acids is 1. The van der Waals surface area contributed by atoms with Gasteiger partial charge in [0.25, 0.3) is 5.56 Å². The van der Waals surface area contributed by atoms with Crippen LogP contribution < -0.4 is 15.8 Å². The normalized spacial score (nSPS) is 10.6. The average Bonchev–Trinajstić information content (AvgIpc) is 2.70. The summed E-state index contributed by atoms with van der Waals surface area (Å²) in [5.74, 6) is -3.20. The molecule has 0 saturated carbocycles. The predicted molar refractivity (Wildman–Crippen MR) is 113 cm³/mol. The third kappa shape index (κ3) is 4.91. The molecule has 0 aliphatic rings. The van der Waals surface area contributed by atoms with Gasteiger partial charge in [-0.15, -0.1) is 0 Å². The molecule has 2 amide bonds. The molecule has 0 saturated heterocycles. The molecule has 10 heteroatoms. The van der Waals surface area contributed by atoms with Gasteiger partial charge < -0.3 is 20.5 Å². The third-order valence-electron chi connectivity index (χ3n) is 4.51. The largest absolute Gasteiger partial charge is 0.505 e. The zero-order chi connectivity index (χ0) is 23.4. The molecule has 0 atom stereocenters. The van der Waals surface area contributed by atoms with Crippen LogP contribution in [0.15, 0.2) is 53.3 Å². The number of aliphatic carboxylic acids is 1. The highest BCUT2D eigenvalue weighted by Gasteiger charge is 2.25. The number of carbonyl (C=O) groups excluding carboxylic acids is 1. The van der Waals surface area contributed by atoms with Crippen LogP contribution in [0.25, 0.3) is 11.1 Å². The Morgan fingerprint density at radius 1 is 1.12 bits per heavy atom.